The van der Waals surface area contributed by atoms with Gasteiger partial charge >= 0.3 is 0 Å². The van der Waals surface area contributed by atoms with Crippen LogP contribution in [0.15, 0.2) is 30.3 Å². The Bertz CT molecular complexity index is 3210. The molecule has 5 saturated heterocycles. The van der Waals surface area contributed by atoms with E-state index < -0.39 is 235 Å². The van der Waals surface area contributed by atoms with Gasteiger partial charge in [-0.15, -0.1) is 0 Å². The zero-order valence-corrected chi connectivity index (χ0v) is 58.2. The highest BCUT2D eigenvalue weighted by atomic mass is 33.1. The molecule has 0 aromatic heterocycles. The monoisotopic (exact) mass is 1440 g/mol. The number of aliphatic hydroxyl groups is 3. The van der Waals surface area contributed by atoms with Crippen LogP contribution in [0.3, 0.4) is 0 Å². The number of nitrogens with one attached hydrogen (secondary N) is 11. The summed E-state index contributed by atoms with van der Waals surface area (Å²) in [6, 6.07) is -13.0. The highest BCUT2D eigenvalue weighted by Crippen LogP contribution is 2.29. The first-order valence-corrected chi connectivity index (χ1v) is 35.9. The number of fused-ring (bicyclic) bond motifs is 8. The van der Waals surface area contributed by atoms with E-state index in [0.29, 0.717) is 24.8 Å². The molecule has 5 fully saturated rings. The molecule has 100 heavy (non-hydrogen) atoms. The van der Waals surface area contributed by atoms with Crippen molar-refractivity contribution >= 4 is 116 Å². The second kappa shape index (κ2) is 37.7. The van der Waals surface area contributed by atoms with E-state index >= 15 is 0 Å². The Labute approximate surface area is 585 Å². The standard InChI is InChI=1S/C63H94N16O19S2/c1-7-30(3)47-58(93)71-39-28-99-100-29-40(72-59(94)49(32(5)81)73-46(85)26-66-51(86)36(24-44(64)83)67-56(91)41-17-12-20-77(41)61(96)37(25-45(65)84)69-54(39)89)55(90)76-50(33(6)82)60(95)68-35(23-34-15-10-9-11-16-34)52(87)70-38(27-80)53(88)75-48(31(4)8-2)63(98)79-22-14-19-43(79)62(97)78-21-13-18-42(78)57(92)74-47/h9-11,15-16,30-33,35-43,47-50,80-82H,7-8,12-14,17-29H2,1-6H3,(H2,64,83)(H2,65,84)(H,66,86)(H,67,91)(H,68,95)(H,69,89)(H,70,87)(H,71,93)(H,72,94)(H,73,85)(H,74,92)(H,75,88)(H,76,90)/t30-,31-,32+,33+,35-,36-,37-,38-,39-,40-,41-,42-,43-,47-,48-,49-,50-/m0/s1. The van der Waals surface area contributed by atoms with Crippen LogP contribution in [-0.4, -0.2) is 260 Å². The van der Waals surface area contributed by atoms with Crippen LogP contribution in [-0.2, 0) is 83.1 Å². The molecule has 17 atom stereocenters. The summed E-state index contributed by atoms with van der Waals surface area (Å²) in [7, 11) is 1.51. The molecule has 2 bridgehead atoms. The fourth-order valence-electron chi connectivity index (χ4n) is 12.2. The topological polar surface area (TPSA) is 528 Å². The minimum absolute atomic E-state index is 0.0440. The second-order valence-electron chi connectivity index (χ2n) is 25.7. The van der Waals surface area contributed by atoms with Gasteiger partial charge in [0.25, 0.3) is 0 Å². The number of carbonyl (C=O) groups is 16. The molecule has 35 nitrogen and oxygen atoms in total. The average molecular weight is 1440 g/mol. The van der Waals surface area contributed by atoms with Gasteiger partial charge in [-0.3, -0.25) is 76.7 Å². The van der Waals surface area contributed by atoms with Gasteiger partial charge in [0, 0.05) is 37.6 Å². The smallest absolute Gasteiger partial charge is 0.246 e. The zero-order chi connectivity index (χ0) is 73.8. The lowest BCUT2D eigenvalue weighted by Crippen LogP contribution is -2.63. The van der Waals surface area contributed by atoms with Crippen LogP contribution < -0.4 is 70.0 Å². The first-order chi connectivity index (χ1) is 47.4. The zero-order valence-electron chi connectivity index (χ0n) is 56.6. The molecule has 5 aliphatic heterocycles. The third-order valence-electron chi connectivity index (χ3n) is 18.2. The Hall–Kier alpha value is -8.68. The van der Waals surface area contributed by atoms with Crippen LogP contribution in [0.4, 0.5) is 0 Å². The third kappa shape index (κ3) is 21.7. The maximum absolute atomic E-state index is 14.9. The van der Waals surface area contributed by atoms with Gasteiger partial charge in [0.1, 0.15) is 78.5 Å². The van der Waals surface area contributed by atoms with Crippen molar-refractivity contribution < 1.29 is 92.0 Å². The van der Waals surface area contributed by atoms with Crippen LogP contribution in [0.2, 0.25) is 0 Å². The molecule has 0 radical (unpaired) electrons. The Morgan fingerprint density at radius 1 is 0.470 bits per heavy atom. The van der Waals surface area contributed by atoms with Crippen LogP contribution in [0.1, 0.15) is 111 Å². The molecular weight excluding hydrogens is 1350 g/mol. The van der Waals surface area contributed by atoms with E-state index in [1.165, 1.54) is 9.80 Å². The van der Waals surface area contributed by atoms with Crippen molar-refractivity contribution in [1.82, 2.24) is 73.2 Å². The van der Waals surface area contributed by atoms with Crippen LogP contribution in [0.5, 0.6) is 0 Å². The molecule has 0 unspecified atom stereocenters. The molecule has 37 heteroatoms. The number of hydrogen-bond donors (Lipinski definition) is 16. The number of amides is 16. The largest absolute Gasteiger partial charge is 0.394 e. The highest BCUT2D eigenvalue weighted by Gasteiger charge is 2.47. The van der Waals surface area contributed by atoms with Gasteiger partial charge in [-0.1, -0.05) is 92.5 Å². The summed E-state index contributed by atoms with van der Waals surface area (Å²) in [6.45, 7) is 6.89. The average Bonchev–Trinajstić information content (AvgIpc) is 1.62. The Morgan fingerprint density at radius 2 is 0.890 bits per heavy atom. The maximum Gasteiger partial charge on any atom is 0.246 e. The van der Waals surface area contributed by atoms with Crippen molar-refractivity contribution in [3.63, 3.8) is 0 Å². The van der Waals surface area contributed by atoms with E-state index in [4.69, 9.17) is 11.5 Å². The predicted molar refractivity (Wildman–Crippen MR) is 359 cm³/mol. The molecule has 0 saturated carbocycles. The van der Waals surface area contributed by atoms with Gasteiger partial charge < -0.3 is 100.0 Å². The van der Waals surface area contributed by atoms with Crippen molar-refractivity contribution in [1.29, 1.82) is 0 Å². The fourth-order valence-corrected chi connectivity index (χ4v) is 14.5. The van der Waals surface area contributed by atoms with Crippen molar-refractivity contribution in [3.05, 3.63) is 35.9 Å². The molecule has 552 valence electrons. The fraction of sp³-hybridized carbons (Fsp3) is 0.651. The van der Waals surface area contributed by atoms with Crippen molar-refractivity contribution in [2.75, 3.05) is 44.3 Å². The van der Waals surface area contributed by atoms with E-state index in [-0.39, 0.29) is 58.2 Å². The van der Waals surface area contributed by atoms with Crippen molar-refractivity contribution in [2.24, 2.45) is 23.3 Å². The summed E-state index contributed by atoms with van der Waals surface area (Å²) in [4.78, 5) is 231. The minimum atomic E-state index is -1.99. The van der Waals surface area contributed by atoms with Gasteiger partial charge in [0.05, 0.1) is 38.2 Å². The summed E-state index contributed by atoms with van der Waals surface area (Å²) in [5.74, 6) is -18.9. The van der Waals surface area contributed by atoms with Crippen LogP contribution in [0, 0.1) is 11.8 Å². The summed E-state index contributed by atoms with van der Waals surface area (Å²) in [6.07, 6.45) is -4.00. The Kier molecular flexibility index (Phi) is 30.2. The first kappa shape index (κ1) is 80.3. The molecule has 0 aliphatic carbocycles. The maximum atomic E-state index is 14.9. The van der Waals surface area contributed by atoms with Gasteiger partial charge in [0.15, 0.2) is 0 Å². The second-order valence-corrected chi connectivity index (χ2v) is 28.2. The lowest BCUT2D eigenvalue weighted by molar-refractivity contribution is -0.149. The van der Waals surface area contributed by atoms with Gasteiger partial charge in [-0.2, -0.15) is 0 Å². The molecule has 5 aliphatic rings. The number of aliphatic hydroxyl groups excluding tert-OH is 3. The molecular formula is C63H94N16O19S2. The van der Waals surface area contributed by atoms with E-state index in [0.717, 1.165) is 40.3 Å². The minimum Gasteiger partial charge on any atom is -0.394 e. The molecule has 6 rings (SSSR count). The summed E-state index contributed by atoms with van der Waals surface area (Å²) >= 11 is 0. The number of rotatable bonds is 13. The quantitative estimate of drug-likeness (QED) is 0.0816. The highest BCUT2D eigenvalue weighted by molar-refractivity contribution is 8.76. The Balaban J connectivity index is 1.48. The molecule has 18 N–H and O–H groups in total. The van der Waals surface area contributed by atoms with E-state index in [1.807, 2.05) is 0 Å². The number of carbonyl (C=O) groups excluding carboxylic acids is 16. The lowest BCUT2D eigenvalue weighted by Gasteiger charge is -2.35. The van der Waals surface area contributed by atoms with Crippen molar-refractivity contribution in [3.8, 4) is 0 Å². The molecule has 1 aromatic carbocycles. The normalized spacial score (nSPS) is 29.7. The molecule has 0 spiro atoms. The third-order valence-corrected chi connectivity index (χ3v) is 20.7. The lowest BCUT2D eigenvalue weighted by atomic mass is 9.96. The SMILES string of the molecule is CC[C@H](C)[C@@H]1NC(=O)[C@@H]2CCCN2C(=O)[C@@H]2CCCN2C(=O)[C@H]([C@@H](C)CC)NC(=O)[C@H](CO)NC(=O)[C@H](Cc2ccccc2)NC(=O)[C@H]([C@@H](C)O)NC(=O)[C@@H]2CSSC[C@H](NC1=O)C(=O)N[C@@H](CC(N)=O)C(=O)N1CCC[C@H]1C(=O)N[C@@H](CC(N)=O)C(=O)NCC(=O)N[C@@H]([C@@H](C)O)C(=O)N2. The van der Waals surface area contributed by atoms with Crippen LogP contribution in [0.25, 0.3) is 0 Å². The number of benzene rings is 1. The Morgan fingerprint density at radius 3 is 1.43 bits per heavy atom. The summed E-state index contributed by atoms with van der Waals surface area (Å²) < 4.78 is 0. The predicted octanol–water partition coefficient (Wildman–Crippen LogP) is -6.83. The number of primary amides is 2. The first-order valence-electron chi connectivity index (χ1n) is 33.4. The molecule has 16 amide bonds. The van der Waals surface area contributed by atoms with Crippen molar-refractivity contribution in [2.45, 2.75) is 203 Å². The number of nitrogens with two attached hydrogens (primary N) is 2. The van der Waals surface area contributed by atoms with Crippen LogP contribution >= 0.6 is 21.6 Å². The van der Waals surface area contributed by atoms with Gasteiger partial charge in [-0.05, 0) is 69.8 Å². The van der Waals surface area contributed by atoms with Gasteiger partial charge in [0.2, 0.25) is 94.5 Å². The van der Waals surface area contributed by atoms with E-state index in [2.05, 4.69) is 58.5 Å². The summed E-state index contributed by atoms with van der Waals surface area (Å²) in [5.41, 5.74) is 11.5. The number of hydrogen-bond acceptors (Lipinski definition) is 21. The summed E-state index contributed by atoms with van der Waals surface area (Å²) in [5, 5.41) is 59.9. The number of nitrogens with zero attached hydrogens (tertiary/aromatic N) is 3. The molecule has 1 aromatic rings. The van der Waals surface area contributed by atoms with E-state index in [9.17, 15) is 92.0 Å². The van der Waals surface area contributed by atoms with Gasteiger partial charge in [-0.25, -0.2) is 0 Å². The molecule has 5 heterocycles. The van der Waals surface area contributed by atoms with E-state index in [1.54, 1.807) is 58.0 Å².